The van der Waals surface area contributed by atoms with Crippen LogP contribution in [0.15, 0.2) is 36.4 Å². The van der Waals surface area contributed by atoms with Gasteiger partial charge < -0.3 is 0 Å². The van der Waals surface area contributed by atoms with E-state index in [0.717, 1.165) is 36.0 Å². The van der Waals surface area contributed by atoms with Crippen LogP contribution >= 0.6 is 0 Å². The molecular weight excluding hydrogens is 453 g/mol. The number of hydrogen-bond acceptors (Lipinski definition) is 0. The van der Waals surface area contributed by atoms with E-state index in [9.17, 15) is 13.2 Å². The van der Waals surface area contributed by atoms with Crippen LogP contribution in [0.1, 0.15) is 115 Å². The molecule has 0 unspecified atom stereocenters. The Bertz CT molecular complexity index is 911. The molecule has 0 spiro atoms. The van der Waals surface area contributed by atoms with Gasteiger partial charge >= 0.3 is 0 Å². The highest BCUT2D eigenvalue weighted by molar-refractivity contribution is 5.63. The standard InChI is InChI=1S/C33H45F3/c1-2-3-4-5-7-10-25-17-20-33(21-18-25,29-11-8-6-9-12-29)22-19-26-13-15-27(16-14-26)28-23-30(34)32(36)31(35)24-28/h13-16,23-25,29H,2-12,17-22H2,1H3. The van der Waals surface area contributed by atoms with E-state index in [1.165, 1.54) is 108 Å². The molecule has 0 radical (unpaired) electrons. The van der Waals surface area contributed by atoms with Crippen LogP contribution in [0.5, 0.6) is 0 Å². The lowest BCUT2D eigenvalue weighted by Gasteiger charge is -2.48. The molecule has 4 rings (SSSR count). The predicted octanol–water partition coefficient (Wildman–Crippen LogP) is 10.8. The number of benzene rings is 2. The summed E-state index contributed by atoms with van der Waals surface area (Å²) in [6, 6.07) is 10.2. The summed E-state index contributed by atoms with van der Waals surface area (Å²) in [5.74, 6) is -1.88. The van der Waals surface area contributed by atoms with Crippen molar-refractivity contribution in [3.63, 3.8) is 0 Å². The first-order valence-electron chi connectivity index (χ1n) is 14.7. The largest absolute Gasteiger partial charge is 0.204 e. The van der Waals surface area contributed by atoms with Gasteiger partial charge in [-0.2, -0.15) is 0 Å². The first-order chi connectivity index (χ1) is 17.5. The predicted molar refractivity (Wildman–Crippen MR) is 144 cm³/mol. The first kappa shape index (κ1) is 27.3. The van der Waals surface area contributed by atoms with Crippen LogP contribution in [-0.2, 0) is 6.42 Å². The van der Waals surface area contributed by atoms with Gasteiger partial charge in [-0.05, 0) is 97.4 Å². The Kier molecular flexibility index (Phi) is 9.96. The third kappa shape index (κ3) is 6.95. The Morgan fingerprint density at radius 1 is 0.750 bits per heavy atom. The van der Waals surface area contributed by atoms with E-state index in [-0.39, 0.29) is 0 Å². The van der Waals surface area contributed by atoms with Gasteiger partial charge in [0.25, 0.3) is 0 Å². The average molecular weight is 499 g/mol. The van der Waals surface area contributed by atoms with Crippen LogP contribution in [-0.4, -0.2) is 0 Å². The Labute approximate surface area is 217 Å². The van der Waals surface area contributed by atoms with Crippen molar-refractivity contribution in [3.8, 4) is 11.1 Å². The van der Waals surface area contributed by atoms with E-state index in [2.05, 4.69) is 19.1 Å². The molecule has 0 aliphatic heterocycles. The zero-order chi connectivity index (χ0) is 25.4. The van der Waals surface area contributed by atoms with Gasteiger partial charge in [-0.15, -0.1) is 0 Å². The summed E-state index contributed by atoms with van der Waals surface area (Å²) < 4.78 is 40.7. The van der Waals surface area contributed by atoms with Gasteiger partial charge in [-0.25, -0.2) is 13.2 Å². The summed E-state index contributed by atoms with van der Waals surface area (Å²) in [7, 11) is 0. The van der Waals surface area contributed by atoms with Gasteiger partial charge in [0.2, 0.25) is 0 Å². The average Bonchev–Trinajstić information content (AvgIpc) is 2.92. The van der Waals surface area contributed by atoms with Gasteiger partial charge in [0.05, 0.1) is 0 Å². The summed E-state index contributed by atoms with van der Waals surface area (Å²) >= 11 is 0. The number of rotatable bonds is 11. The molecule has 2 aromatic rings. The molecule has 0 heterocycles. The van der Waals surface area contributed by atoms with Crippen molar-refractivity contribution >= 4 is 0 Å². The summed E-state index contributed by atoms with van der Waals surface area (Å²) in [4.78, 5) is 0. The van der Waals surface area contributed by atoms with Gasteiger partial charge in [0, 0.05) is 0 Å². The first-order valence-corrected chi connectivity index (χ1v) is 14.7. The van der Waals surface area contributed by atoms with Crippen LogP contribution in [0.3, 0.4) is 0 Å². The van der Waals surface area contributed by atoms with Crippen molar-refractivity contribution in [2.75, 3.05) is 0 Å². The summed E-state index contributed by atoms with van der Waals surface area (Å²) in [6.45, 7) is 2.29. The normalized spacial score (nSPS) is 23.2. The number of halogens is 3. The van der Waals surface area contributed by atoms with E-state index in [0.29, 0.717) is 11.0 Å². The zero-order valence-corrected chi connectivity index (χ0v) is 22.3. The molecule has 2 aliphatic carbocycles. The minimum atomic E-state index is -1.41. The fraction of sp³-hybridized carbons (Fsp3) is 0.636. The molecule has 0 saturated heterocycles. The molecule has 0 bridgehead atoms. The maximum Gasteiger partial charge on any atom is 0.194 e. The highest BCUT2D eigenvalue weighted by Crippen LogP contribution is 2.52. The molecular formula is C33H45F3. The highest BCUT2D eigenvalue weighted by Gasteiger charge is 2.41. The molecule has 0 atom stereocenters. The third-order valence-corrected chi connectivity index (χ3v) is 9.47. The van der Waals surface area contributed by atoms with Gasteiger partial charge in [-0.1, -0.05) is 89.0 Å². The van der Waals surface area contributed by atoms with Crippen molar-refractivity contribution in [2.45, 2.75) is 116 Å². The molecule has 0 amide bonds. The lowest BCUT2D eigenvalue weighted by atomic mass is 9.58. The minimum absolute atomic E-state index is 0.379. The van der Waals surface area contributed by atoms with E-state index in [1.807, 2.05) is 12.1 Å². The molecule has 0 nitrogen and oxygen atoms in total. The van der Waals surface area contributed by atoms with E-state index >= 15 is 0 Å². The Morgan fingerprint density at radius 2 is 1.39 bits per heavy atom. The number of hydrogen-bond donors (Lipinski definition) is 0. The summed E-state index contributed by atoms with van der Waals surface area (Å²) in [5, 5.41) is 0. The number of aryl methyl sites for hydroxylation is 1. The second kappa shape index (κ2) is 13.2. The molecule has 2 aliphatic rings. The highest BCUT2D eigenvalue weighted by atomic mass is 19.2. The Balaban J connectivity index is 1.37. The molecule has 3 heteroatoms. The van der Waals surface area contributed by atoms with Crippen LogP contribution < -0.4 is 0 Å². The molecule has 0 N–H and O–H groups in total. The maximum atomic E-state index is 13.7. The number of unbranched alkanes of at least 4 members (excludes halogenated alkanes) is 4. The van der Waals surface area contributed by atoms with Crippen molar-refractivity contribution < 1.29 is 13.2 Å². The second-order valence-corrected chi connectivity index (χ2v) is 11.8. The van der Waals surface area contributed by atoms with Crippen molar-refractivity contribution in [3.05, 3.63) is 59.4 Å². The quantitative estimate of drug-likeness (QED) is 0.213. The van der Waals surface area contributed by atoms with Gasteiger partial charge in [-0.3, -0.25) is 0 Å². The Morgan fingerprint density at radius 3 is 2.03 bits per heavy atom. The van der Waals surface area contributed by atoms with E-state index < -0.39 is 17.5 Å². The van der Waals surface area contributed by atoms with E-state index in [1.54, 1.807) is 0 Å². The second-order valence-electron chi connectivity index (χ2n) is 11.8. The van der Waals surface area contributed by atoms with Crippen LogP contribution in [0, 0.1) is 34.7 Å². The molecule has 0 aromatic heterocycles. The van der Waals surface area contributed by atoms with Crippen LogP contribution in [0.4, 0.5) is 13.2 Å². The zero-order valence-electron chi connectivity index (χ0n) is 22.3. The molecule has 2 aromatic carbocycles. The summed E-state index contributed by atoms with van der Waals surface area (Å²) in [5.41, 5.74) is 2.87. The topological polar surface area (TPSA) is 0 Å². The van der Waals surface area contributed by atoms with Crippen LogP contribution in [0.2, 0.25) is 0 Å². The molecule has 36 heavy (non-hydrogen) atoms. The van der Waals surface area contributed by atoms with Crippen molar-refractivity contribution in [2.24, 2.45) is 17.3 Å². The minimum Gasteiger partial charge on any atom is -0.204 e. The Hall–Kier alpha value is -1.77. The van der Waals surface area contributed by atoms with Crippen molar-refractivity contribution in [1.82, 2.24) is 0 Å². The SMILES string of the molecule is CCCCCCCC1CCC(CCc2ccc(-c3cc(F)c(F)c(F)c3)cc2)(C2CCCCC2)CC1. The fourth-order valence-corrected chi connectivity index (χ4v) is 7.13. The van der Waals surface area contributed by atoms with Crippen LogP contribution in [0.25, 0.3) is 11.1 Å². The smallest absolute Gasteiger partial charge is 0.194 e. The fourth-order valence-electron chi connectivity index (χ4n) is 7.13. The lowest BCUT2D eigenvalue weighted by Crippen LogP contribution is -2.36. The maximum absolute atomic E-state index is 13.7. The molecule has 2 fully saturated rings. The summed E-state index contributed by atoms with van der Waals surface area (Å²) in [6.07, 6.45) is 23.3. The van der Waals surface area contributed by atoms with Gasteiger partial charge in [0.15, 0.2) is 17.5 Å². The third-order valence-electron chi connectivity index (χ3n) is 9.47. The lowest BCUT2D eigenvalue weighted by molar-refractivity contribution is 0.0379. The monoisotopic (exact) mass is 498 g/mol. The molecule has 2 saturated carbocycles. The van der Waals surface area contributed by atoms with E-state index in [4.69, 9.17) is 0 Å². The van der Waals surface area contributed by atoms with Crippen molar-refractivity contribution in [1.29, 1.82) is 0 Å². The molecule has 198 valence electrons. The van der Waals surface area contributed by atoms with Gasteiger partial charge in [0.1, 0.15) is 0 Å².